The normalized spacial score (nSPS) is 14.4. The largest absolute Gasteiger partial charge is 0.311 e. The van der Waals surface area contributed by atoms with E-state index in [0.717, 1.165) is 48.6 Å². The van der Waals surface area contributed by atoms with Gasteiger partial charge in [-0.2, -0.15) is 0 Å². The van der Waals surface area contributed by atoms with E-state index in [2.05, 4.69) is 19.5 Å². The molecule has 0 spiro atoms. The summed E-state index contributed by atoms with van der Waals surface area (Å²) >= 11 is 0. The Kier molecular flexibility index (Phi) is 4.70. The van der Waals surface area contributed by atoms with E-state index in [1.54, 1.807) is 36.4 Å². The number of hydrogen-bond acceptors (Lipinski definition) is 4. The maximum Gasteiger partial charge on any atom is 0.261 e. The van der Waals surface area contributed by atoms with E-state index in [1.807, 2.05) is 19.1 Å². The van der Waals surface area contributed by atoms with Crippen LogP contribution < -0.4 is 4.72 Å². The van der Waals surface area contributed by atoms with Gasteiger partial charge in [0.2, 0.25) is 0 Å². The van der Waals surface area contributed by atoms with Gasteiger partial charge < -0.3 is 4.57 Å². The standard InChI is InChI=1S/C20H22N4O2S/c1-15-6-12-18(13-7-15)27(25,26)23-17-10-8-16(9-11-17)20-22-21-19-5-3-2-4-14-24(19)20/h6-13,23H,2-5,14H2,1H3. The van der Waals surface area contributed by atoms with Gasteiger partial charge in [-0.15, -0.1) is 10.2 Å². The van der Waals surface area contributed by atoms with Crippen LogP contribution in [0, 0.1) is 6.92 Å². The van der Waals surface area contributed by atoms with Crippen molar-refractivity contribution < 1.29 is 8.42 Å². The summed E-state index contributed by atoms with van der Waals surface area (Å²) in [6, 6.07) is 14.1. The zero-order valence-electron chi connectivity index (χ0n) is 15.2. The summed E-state index contributed by atoms with van der Waals surface area (Å²) in [5.74, 6) is 1.88. The third-order valence-electron chi connectivity index (χ3n) is 4.84. The second-order valence-electron chi connectivity index (χ2n) is 6.90. The molecule has 0 aliphatic carbocycles. The monoisotopic (exact) mass is 382 g/mol. The van der Waals surface area contributed by atoms with Gasteiger partial charge in [0.25, 0.3) is 10.0 Å². The Labute approximate surface area is 159 Å². The van der Waals surface area contributed by atoms with Crippen molar-refractivity contribution in [2.24, 2.45) is 0 Å². The van der Waals surface area contributed by atoms with Gasteiger partial charge in [0, 0.05) is 24.2 Å². The van der Waals surface area contributed by atoms with E-state index in [-0.39, 0.29) is 4.90 Å². The summed E-state index contributed by atoms with van der Waals surface area (Å²) in [6.07, 6.45) is 4.45. The highest BCUT2D eigenvalue weighted by Gasteiger charge is 2.17. The topological polar surface area (TPSA) is 76.9 Å². The molecule has 0 unspecified atom stereocenters. The number of nitrogens with zero attached hydrogens (tertiary/aromatic N) is 3. The number of aromatic nitrogens is 3. The molecule has 27 heavy (non-hydrogen) atoms. The summed E-state index contributed by atoms with van der Waals surface area (Å²) in [7, 11) is -3.60. The Hall–Kier alpha value is -2.67. The molecule has 1 aliphatic heterocycles. The minimum Gasteiger partial charge on any atom is -0.311 e. The SMILES string of the molecule is Cc1ccc(S(=O)(=O)Nc2ccc(-c3nnc4n3CCCCC4)cc2)cc1. The predicted octanol–water partition coefficient (Wildman–Crippen LogP) is 3.78. The minimum atomic E-state index is -3.60. The van der Waals surface area contributed by atoms with Crippen LogP contribution in [-0.4, -0.2) is 23.2 Å². The first-order valence-electron chi connectivity index (χ1n) is 9.15. The van der Waals surface area contributed by atoms with Gasteiger partial charge in [0.15, 0.2) is 5.82 Å². The minimum absolute atomic E-state index is 0.250. The summed E-state index contributed by atoms with van der Waals surface area (Å²) in [5.41, 5.74) is 2.48. The fourth-order valence-electron chi connectivity index (χ4n) is 3.32. The molecule has 4 rings (SSSR count). The van der Waals surface area contributed by atoms with E-state index in [0.29, 0.717) is 5.69 Å². The third-order valence-corrected chi connectivity index (χ3v) is 6.23. The van der Waals surface area contributed by atoms with E-state index in [4.69, 9.17) is 0 Å². The van der Waals surface area contributed by atoms with Crippen LogP contribution in [0.3, 0.4) is 0 Å². The van der Waals surface area contributed by atoms with Crippen molar-refractivity contribution in [1.82, 2.24) is 14.8 Å². The fourth-order valence-corrected chi connectivity index (χ4v) is 4.38. The lowest BCUT2D eigenvalue weighted by molar-refractivity contribution is 0.601. The van der Waals surface area contributed by atoms with Crippen LogP contribution in [0.15, 0.2) is 53.4 Å². The van der Waals surface area contributed by atoms with Crippen LogP contribution in [0.2, 0.25) is 0 Å². The Bertz CT molecular complexity index is 1040. The summed E-state index contributed by atoms with van der Waals surface area (Å²) < 4.78 is 29.8. The van der Waals surface area contributed by atoms with Gasteiger partial charge >= 0.3 is 0 Å². The molecule has 0 atom stereocenters. The number of hydrogen-bond donors (Lipinski definition) is 1. The quantitative estimate of drug-likeness (QED) is 0.745. The molecule has 140 valence electrons. The lowest BCUT2D eigenvalue weighted by Crippen LogP contribution is -2.12. The maximum absolute atomic E-state index is 12.5. The van der Waals surface area contributed by atoms with E-state index >= 15 is 0 Å². The first kappa shape index (κ1) is 17.7. The predicted molar refractivity (Wildman–Crippen MR) is 105 cm³/mol. The number of aryl methyl sites for hydroxylation is 2. The molecule has 1 aliphatic rings. The molecule has 6 nitrogen and oxygen atoms in total. The van der Waals surface area contributed by atoms with Crippen molar-refractivity contribution in [3.8, 4) is 11.4 Å². The Balaban J connectivity index is 1.56. The van der Waals surface area contributed by atoms with Gasteiger partial charge in [0.1, 0.15) is 5.82 Å². The summed E-state index contributed by atoms with van der Waals surface area (Å²) in [5, 5.41) is 8.67. The van der Waals surface area contributed by atoms with Crippen molar-refractivity contribution in [2.45, 2.75) is 44.0 Å². The first-order chi connectivity index (χ1) is 13.0. The molecule has 0 bridgehead atoms. The molecule has 0 fully saturated rings. The Morgan fingerprint density at radius 2 is 1.67 bits per heavy atom. The molecule has 1 N–H and O–H groups in total. The van der Waals surface area contributed by atoms with Crippen LogP contribution in [0.25, 0.3) is 11.4 Å². The molecule has 0 radical (unpaired) electrons. The molecule has 1 aromatic heterocycles. The number of fused-ring (bicyclic) bond motifs is 1. The fraction of sp³-hybridized carbons (Fsp3) is 0.300. The number of anilines is 1. The molecule has 0 saturated carbocycles. The molecule has 2 aromatic carbocycles. The average Bonchev–Trinajstić information content (AvgIpc) is 2.91. The van der Waals surface area contributed by atoms with E-state index < -0.39 is 10.0 Å². The highest BCUT2D eigenvalue weighted by Crippen LogP contribution is 2.25. The van der Waals surface area contributed by atoms with Crippen LogP contribution >= 0.6 is 0 Å². The highest BCUT2D eigenvalue weighted by atomic mass is 32.2. The lowest BCUT2D eigenvalue weighted by Gasteiger charge is -2.10. The molecule has 0 amide bonds. The zero-order chi connectivity index (χ0) is 18.9. The number of benzene rings is 2. The highest BCUT2D eigenvalue weighted by molar-refractivity contribution is 7.92. The Morgan fingerprint density at radius 1 is 0.926 bits per heavy atom. The van der Waals surface area contributed by atoms with Crippen molar-refractivity contribution in [3.05, 3.63) is 59.9 Å². The maximum atomic E-state index is 12.5. The molecule has 3 aromatic rings. The second-order valence-corrected chi connectivity index (χ2v) is 8.58. The van der Waals surface area contributed by atoms with Gasteiger partial charge in [-0.25, -0.2) is 8.42 Å². The molecule has 7 heteroatoms. The summed E-state index contributed by atoms with van der Waals surface area (Å²) in [4.78, 5) is 0.250. The first-order valence-corrected chi connectivity index (χ1v) is 10.6. The molecular weight excluding hydrogens is 360 g/mol. The number of sulfonamides is 1. The van der Waals surface area contributed by atoms with Crippen molar-refractivity contribution in [2.75, 3.05) is 4.72 Å². The van der Waals surface area contributed by atoms with Crippen LogP contribution in [-0.2, 0) is 23.0 Å². The van der Waals surface area contributed by atoms with Gasteiger partial charge in [-0.3, -0.25) is 4.72 Å². The van der Waals surface area contributed by atoms with Gasteiger partial charge in [-0.1, -0.05) is 24.1 Å². The molecule has 2 heterocycles. The van der Waals surface area contributed by atoms with Crippen LogP contribution in [0.4, 0.5) is 5.69 Å². The van der Waals surface area contributed by atoms with Gasteiger partial charge in [-0.05, 0) is 56.2 Å². The molecular formula is C20H22N4O2S. The van der Waals surface area contributed by atoms with Crippen LogP contribution in [0.1, 0.15) is 30.7 Å². The second kappa shape index (κ2) is 7.15. The zero-order valence-corrected chi connectivity index (χ0v) is 16.0. The van der Waals surface area contributed by atoms with Crippen molar-refractivity contribution in [1.29, 1.82) is 0 Å². The van der Waals surface area contributed by atoms with Crippen LogP contribution in [0.5, 0.6) is 0 Å². The molecule has 0 saturated heterocycles. The number of nitrogens with one attached hydrogen (secondary N) is 1. The lowest BCUT2D eigenvalue weighted by atomic mass is 10.2. The summed E-state index contributed by atoms with van der Waals surface area (Å²) in [6.45, 7) is 2.85. The van der Waals surface area contributed by atoms with Crippen molar-refractivity contribution in [3.63, 3.8) is 0 Å². The number of rotatable bonds is 4. The van der Waals surface area contributed by atoms with Crippen molar-refractivity contribution >= 4 is 15.7 Å². The third kappa shape index (κ3) is 3.73. The van der Waals surface area contributed by atoms with E-state index in [1.165, 1.54) is 6.42 Å². The smallest absolute Gasteiger partial charge is 0.261 e. The van der Waals surface area contributed by atoms with E-state index in [9.17, 15) is 8.42 Å². The Morgan fingerprint density at radius 3 is 2.41 bits per heavy atom. The average molecular weight is 382 g/mol. The van der Waals surface area contributed by atoms with Gasteiger partial charge in [0.05, 0.1) is 4.90 Å².